The van der Waals surface area contributed by atoms with Crippen LogP contribution in [0.4, 0.5) is 0 Å². The highest BCUT2D eigenvalue weighted by Gasteiger charge is 2.41. The van der Waals surface area contributed by atoms with Gasteiger partial charge in [0, 0.05) is 24.4 Å². The van der Waals surface area contributed by atoms with Gasteiger partial charge in [-0.05, 0) is 29.9 Å². The highest BCUT2D eigenvalue weighted by Crippen LogP contribution is 2.43. The second-order valence-electron chi connectivity index (χ2n) is 4.94. The van der Waals surface area contributed by atoms with E-state index in [1.165, 1.54) is 10.4 Å². The molecule has 1 amide bonds. The lowest BCUT2D eigenvalue weighted by atomic mass is 9.82. The third-order valence-corrected chi connectivity index (χ3v) is 5.02. The zero-order valence-corrected chi connectivity index (χ0v) is 12.4. The maximum absolute atomic E-state index is 11.6. The molecule has 0 bridgehead atoms. The van der Waals surface area contributed by atoms with E-state index in [9.17, 15) is 4.79 Å². The average molecular weight is 303 g/mol. The third-order valence-electron chi connectivity index (χ3n) is 4.04. The van der Waals surface area contributed by atoms with Gasteiger partial charge in [0.1, 0.15) is 0 Å². The third kappa shape index (κ3) is 2.52. The molecule has 1 fully saturated rings. The van der Waals surface area contributed by atoms with Crippen molar-refractivity contribution in [3.8, 4) is 0 Å². The molecule has 106 valence electrons. The SMILES string of the molecule is Cl.NCC(=O)N1CCC2(CC1)OCCc1sccc12. The number of nitrogens with zero attached hydrogens (tertiary/aromatic N) is 1. The smallest absolute Gasteiger partial charge is 0.236 e. The van der Waals surface area contributed by atoms with Gasteiger partial charge in [0.2, 0.25) is 5.91 Å². The maximum Gasteiger partial charge on any atom is 0.236 e. The van der Waals surface area contributed by atoms with Gasteiger partial charge in [-0.25, -0.2) is 0 Å². The van der Waals surface area contributed by atoms with Crippen molar-refractivity contribution in [3.63, 3.8) is 0 Å². The van der Waals surface area contributed by atoms with E-state index in [2.05, 4.69) is 11.4 Å². The van der Waals surface area contributed by atoms with Gasteiger partial charge in [0.15, 0.2) is 0 Å². The van der Waals surface area contributed by atoms with Crippen LogP contribution < -0.4 is 5.73 Å². The highest BCUT2D eigenvalue weighted by molar-refractivity contribution is 7.10. The first kappa shape index (κ1) is 14.8. The average Bonchev–Trinajstić information content (AvgIpc) is 2.89. The van der Waals surface area contributed by atoms with E-state index in [0.29, 0.717) is 0 Å². The van der Waals surface area contributed by atoms with Crippen LogP contribution in [0.25, 0.3) is 0 Å². The van der Waals surface area contributed by atoms with Crippen LogP contribution in [0.2, 0.25) is 0 Å². The standard InChI is InChI=1S/C13H18N2O2S.ClH/c14-9-12(16)15-5-3-13(4-6-15)10-2-8-18-11(10)1-7-17-13;/h2,8H,1,3-7,9,14H2;1H. The number of fused-ring (bicyclic) bond motifs is 2. The van der Waals surface area contributed by atoms with Gasteiger partial charge in [0.25, 0.3) is 0 Å². The first-order valence-electron chi connectivity index (χ1n) is 6.44. The number of amides is 1. The minimum atomic E-state index is -0.140. The number of hydrogen-bond acceptors (Lipinski definition) is 4. The van der Waals surface area contributed by atoms with Gasteiger partial charge in [-0.1, -0.05) is 0 Å². The van der Waals surface area contributed by atoms with E-state index in [4.69, 9.17) is 10.5 Å². The van der Waals surface area contributed by atoms with Crippen molar-refractivity contribution < 1.29 is 9.53 Å². The molecule has 0 aliphatic carbocycles. The molecule has 4 nitrogen and oxygen atoms in total. The minimum absolute atomic E-state index is 0. The maximum atomic E-state index is 11.6. The number of hydrogen-bond donors (Lipinski definition) is 1. The molecule has 1 saturated heterocycles. The van der Waals surface area contributed by atoms with Gasteiger partial charge in [-0.15, -0.1) is 23.7 Å². The number of ether oxygens (including phenoxy) is 1. The van der Waals surface area contributed by atoms with Gasteiger partial charge in [-0.2, -0.15) is 0 Å². The molecule has 0 radical (unpaired) electrons. The lowest BCUT2D eigenvalue weighted by Crippen LogP contribution is -2.49. The van der Waals surface area contributed by atoms with Crippen molar-refractivity contribution >= 4 is 29.7 Å². The Morgan fingerprint density at radius 3 is 2.89 bits per heavy atom. The normalized spacial score (nSPS) is 20.8. The number of piperidine rings is 1. The molecule has 1 aromatic rings. The fourth-order valence-electron chi connectivity index (χ4n) is 3.02. The van der Waals surface area contributed by atoms with Crippen molar-refractivity contribution in [1.29, 1.82) is 0 Å². The van der Waals surface area contributed by atoms with Crippen LogP contribution in [0.15, 0.2) is 11.4 Å². The molecule has 0 saturated carbocycles. The summed E-state index contributed by atoms with van der Waals surface area (Å²) in [5, 5.41) is 2.15. The van der Waals surface area contributed by atoms with E-state index in [1.807, 2.05) is 16.2 Å². The Labute approximate surface area is 123 Å². The van der Waals surface area contributed by atoms with Gasteiger partial charge in [0.05, 0.1) is 18.8 Å². The Hall–Kier alpha value is -0.620. The molecule has 0 aromatic carbocycles. The second-order valence-corrected chi connectivity index (χ2v) is 5.94. The Morgan fingerprint density at radius 2 is 2.21 bits per heavy atom. The summed E-state index contributed by atoms with van der Waals surface area (Å²) in [6.45, 7) is 2.42. The molecule has 3 heterocycles. The molecule has 0 unspecified atom stereocenters. The summed E-state index contributed by atoms with van der Waals surface area (Å²) in [5.74, 6) is 0.0474. The minimum Gasteiger partial charge on any atom is -0.370 e. The van der Waals surface area contributed by atoms with Crippen LogP contribution in [-0.2, 0) is 21.6 Å². The van der Waals surface area contributed by atoms with E-state index >= 15 is 0 Å². The summed E-state index contributed by atoms with van der Waals surface area (Å²) in [7, 11) is 0. The van der Waals surface area contributed by atoms with Crippen molar-refractivity contribution in [2.45, 2.75) is 24.9 Å². The summed E-state index contributed by atoms with van der Waals surface area (Å²) in [6.07, 6.45) is 2.81. The topological polar surface area (TPSA) is 55.6 Å². The number of thiophene rings is 1. The lowest BCUT2D eigenvalue weighted by molar-refractivity contribution is -0.139. The number of halogens is 1. The Bertz CT molecular complexity index is 455. The number of rotatable bonds is 1. The zero-order chi connectivity index (χ0) is 12.6. The quantitative estimate of drug-likeness (QED) is 0.856. The number of carbonyl (C=O) groups excluding carboxylic acids is 1. The second kappa shape index (κ2) is 5.79. The molecule has 6 heteroatoms. The zero-order valence-electron chi connectivity index (χ0n) is 10.8. The summed E-state index contributed by atoms with van der Waals surface area (Å²) in [4.78, 5) is 14.9. The summed E-state index contributed by atoms with van der Waals surface area (Å²) in [5.41, 5.74) is 6.63. The summed E-state index contributed by atoms with van der Waals surface area (Å²) >= 11 is 1.82. The molecular formula is C13H19ClN2O2S. The molecule has 2 N–H and O–H groups in total. The van der Waals surface area contributed by atoms with Crippen molar-refractivity contribution in [2.24, 2.45) is 5.73 Å². The molecule has 1 aromatic heterocycles. The van der Waals surface area contributed by atoms with Crippen LogP contribution in [0.1, 0.15) is 23.3 Å². The van der Waals surface area contributed by atoms with E-state index in [0.717, 1.165) is 39.0 Å². The largest absolute Gasteiger partial charge is 0.370 e. The first-order valence-corrected chi connectivity index (χ1v) is 7.32. The molecular weight excluding hydrogens is 284 g/mol. The first-order chi connectivity index (χ1) is 8.75. The van der Waals surface area contributed by atoms with Crippen LogP contribution in [0.5, 0.6) is 0 Å². The fourth-order valence-corrected chi connectivity index (χ4v) is 3.97. The van der Waals surface area contributed by atoms with Gasteiger partial charge in [-0.3, -0.25) is 4.79 Å². The molecule has 3 rings (SSSR count). The highest BCUT2D eigenvalue weighted by atomic mass is 35.5. The van der Waals surface area contributed by atoms with Crippen LogP contribution >= 0.6 is 23.7 Å². The summed E-state index contributed by atoms with van der Waals surface area (Å²) < 4.78 is 6.09. The predicted molar refractivity (Wildman–Crippen MR) is 77.8 cm³/mol. The number of nitrogens with two attached hydrogens (primary N) is 1. The van der Waals surface area contributed by atoms with E-state index in [1.54, 1.807) is 0 Å². The molecule has 2 aliphatic rings. The monoisotopic (exact) mass is 302 g/mol. The van der Waals surface area contributed by atoms with Crippen LogP contribution in [0.3, 0.4) is 0 Å². The lowest BCUT2D eigenvalue weighted by Gasteiger charge is -2.44. The van der Waals surface area contributed by atoms with Crippen molar-refractivity contribution in [1.82, 2.24) is 4.90 Å². The van der Waals surface area contributed by atoms with Gasteiger partial charge >= 0.3 is 0 Å². The van der Waals surface area contributed by atoms with E-state index < -0.39 is 0 Å². The number of likely N-dealkylation sites (tertiary alicyclic amines) is 1. The predicted octanol–water partition coefficient (Wildman–Crippen LogP) is 1.52. The van der Waals surface area contributed by atoms with E-state index in [-0.39, 0.29) is 30.5 Å². The molecule has 1 spiro atoms. The molecule has 2 aliphatic heterocycles. The van der Waals surface area contributed by atoms with Crippen LogP contribution in [0, 0.1) is 0 Å². The molecule has 19 heavy (non-hydrogen) atoms. The Balaban J connectivity index is 0.00000133. The molecule has 0 atom stereocenters. The van der Waals surface area contributed by atoms with Gasteiger partial charge < -0.3 is 15.4 Å². The van der Waals surface area contributed by atoms with Crippen LogP contribution in [-0.4, -0.2) is 37.0 Å². The summed E-state index contributed by atoms with van der Waals surface area (Å²) in [6, 6.07) is 2.19. The van der Waals surface area contributed by atoms with Crippen molar-refractivity contribution in [3.05, 3.63) is 21.9 Å². The Morgan fingerprint density at radius 1 is 1.47 bits per heavy atom. The fraction of sp³-hybridized carbons (Fsp3) is 0.615. The number of carbonyl (C=O) groups is 1. The van der Waals surface area contributed by atoms with Crippen molar-refractivity contribution in [2.75, 3.05) is 26.2 Å². The Kier molecular flexibility index (Phi) is 4.50.